The van der Waals surface area contributed by atoms with Gasteiger partial charge in [-0.1, -0.05) is 25.5 Å². The highest BCUT2D eigenvalue weighted by atomic mass is 19.1. The number of halogens is 1. The molecule has 1 atom stereocenters. The maximum Gasteiger partial charge on any atom is 0.328 e. The third kappa shape index (κ3) is 3.60. The van der Waals surface area contributed by atoms with Crippen molar-refractivity contribution in [1.82, 2.24) is 4.90 Å². The van der Waals surface area contributed by atoms with Gasteiger partial charge < -0.3 is 9.64 Å². The number of esters is 1. The Morgan fingerprint density at radius 3 is 2.86 bits per heavy atom. The molecule has 5 heteroatoms. The SMILES string of the molecule is CCCCOC(=O)C1CCCN1C(=O)c1ccccc1F. The number of carbonyl (C=O) groups excluding carboxylic acids is 2. The van der Waals surface area contributed by atoms with Crippen LogP contribution in [0.2, 0.25) is 0 Å². The number of benzene rings is 1. The van der Waals surface area contributed by atoms with Gasteiger partial charge in [0.2, 0.25) is 0 Å². The van der Waals surface area contributed by atoms with Gasteiger partial charge in [-0.25, -0.2) is 9.18 Å². The monoisotopic (exact) mass is 293 g/mol. The van der Waals surface area contributed by atoms with Crippen molar-refractivity contribution in [2.45, 2.75) is 38.6 Å². The van der Waals surface area contributed by atoms with Crippen LogP contribution in [-0.4, -0.2) is 36.0 Å². The van der Waals surface area contributed by atoms with Crippen LogP contribution in [-0.2, 0) is 9.53 Å². The number of hydrogen-bond donors (Lipinski definition) is 0. The molecule has 0 radical (unpaired) electrons. The fourth-order valence-electron chi connectivity index (χ4n) is 2.46. The van der Waals surface area contributed by atoms with E-state index in [0.717, 1.165) is 19.3 Å². The van der Waals surface area contributed by atoms with Crippen LogP contribution in [0.15, 0.2) is 24.3 Å². The van der Waals surface area contributed by atoms with Gasteiger partial charge in [-0.15, -0.1) is 0 Å². The Kier molecular flexibility index (Phi) is 5.31. The van der Waals surface area contributed by atoms with E-state index in [1.54, 1.807) is 6.07 Å². The molecule has 1 aliphatic heterocycles. The van der Waals surface area contributed by atoms with Crippen LogP contribution in [0.1, 0.15) is 43.0 Å². The molecule has 1 fully saturated rings. The summed E-state index contributed by atoms with van der Waals surface area (Å²) in [5, 5.41) is 0. The molecule has 0 N–H and O–H groups in total. The van der Waals surface area contributed by atoms with Gasteiger partial charge in [0.15, 0.2) is 0 Å². The van der Waals surface area contributed by atoms with Crippen molar-refractivity contribution in [3.05, 3.63) is 35.6 Å². The van der Waals surface area contributed by atoms with E-state index in [2.05, 4.69) is 0 Å². The lowest BCUT2D eigenvalue weighted by molar-refractivity contribution is -0.148. The second-order valence-electron chi connectivity index (χ2n) is 5.16. The summed E-state index contributed by atoms with van der Waals surface area (Å²) in [6.45, 7) is 2.84. The van der Waals surface area contributed by atoms with Crippen LogP contribution in [0.3, 0.4) is 0 Å². The summed E-state index contributed by atoms with van der Waals surface area (Å²) in [6.07, 6.45) is 3.05. The number of likely N-dealkylation sites (tertiary alicyclic amines) is 1. The second-order valence-corrected chi connectivity index (χ2v) is 5.16. The highest BCUT2D eigenvalue weighted by Crippen LogP contribution is 2.22. The van der Waals surface area contributed by atoms with E-state index in [-0.39, 0.29) is 11.5 Å². The lowest BCUT2D eigenvalue weighted by Gasteiger charge is -2.23. The Labute approximate surface area is 123 Å². The predicted molar refractivity (Wildman–Crippen MR) is 76.3 cm³/mol. The summed E-state index contributed by atoms with van der Waals surface area (Å²) in [4.78, 5) is 25.9. The minimum Gasteiger partial charge on any atom is -0.464 e. The van der Waals surface area contributed by atoms with Crippen molar-refractivity contribution in [2.24, 2.45) is 0 Å². The minimum atomic E-state index is -0.589. The number of hydrogen-bond acceptors (Lipinski definition) is 3. The third-order valence-electron chi connectivity index (χ3n) is 3.63. The Balaban J connectivity index is 2.06. The van der Waals surface area contributed by atoms with Gasteiger partial charge >= 0.3 is 5.97 Å². The average Bonchev–Trinajstić information content (AvgIpc) is 2.96. The lowest BCUT2D eigenvalue weighted by atomic mass is 10.1. The van der Waals surface area contributed by atoms with Crippen molar-refractivity contribution in [2.75, 3.05) is 13.2 Å². The third-order valence-corrected chi connectivity index (χ3v) is 3.63. The fraction of sp³-hybridized carbons (Fsp3) is 0.500. The molecule has 1 aromatic rings. The zero-order chi connectivity index (χ0) is 15.2. The number of ether oxygens (including phenoxy) is 1. The topological polar surface area (TPSA) is 46.6 Å². The summed E-state index contributed by atoms with van der Waals surface area (Å²) >= 11 is 0. The van der Waals surface area contributed by atoms with Gasteiger partial charge in [0, 0.05) is 6.54 Å². The van der Waals surface area contributed by atoms with Crippen molar-refractivity contribution in [1.29, 1.82) is 0 Å². The summed E-state index contributed by atoms with van der Waals surface area (Å²) in [7, 11) is 0. The number of nitrogens with zero attached hydrogens (tertiary/aromatic N) is 1. The Morgan fingerprint density at radius 2 is 2.14 bits per heavy atom. The summed E-state index contributed by atoms with van der Waals surface area (Å²) in [5.74, 6) is -1.39. The van der Waals surface area contributed by atoms with Gasteiger partial charge in [0.1, 0.15) is 11.9 Å². The summed E-state index contributed by atoms with van der Waals surface area (Å²) in [5.41, 5.74) is 0.00533. The molecule has 1 aromatic carbocycles. The molecule has 1 aliphatic rings. The molecule has 0 bridgehead atoms. The summed E-state index contributed by atoms with van der Waals surface area (Å²) in [6, 6.07) is 5.25. The highest BCUT2D eigenvalue weighted by Gasteiger charge is 2.36. The molecule has 4 nitrogen and oxygen atoms in total. The van der Waals surface area contributed by atoms with E-state index in [1.807, 2.05) is 6.92 Å². The van der Waals surface area contributed by atoms with Crippen molar-refractivity contribution >= 4 is 11.9 Å². The number of amides is 1. The van der Waals surface area contributed by atoms with Gasteiger partial charge in [-0.3, -0.25) is 4.79 Å². The van der Waals surface area contributed by atoms with Gasteiger partial charge in [-0.2, -0.15) is 0 Å². The first-order chi connectivity index (χ1) is 10.1. The van der Waals surface area contributed by atoms with Gasteiger partial charge in [0.05, 0.1) is 12.2 Å². The number of unbranched alkanes of at least 4 members (excludes halogenated alkanes) is 1. The normalized spacial score (nSPS) is 17.8. The van der Waals surface area contributed by atoms with E-state index >= 15 is 0 Å². The van der Waals surface area contributed by atoms with Crippen LogP contribution in [0.5, 0.6) is 0 Å². The minimum absolute atomic E-state index is 0.00533. The largest absolute Gasteiger partial charge is 0.464 e. The van der Waals surface area contributed by atoms with Crippen LogP contribution >= 0.6 is 0 Å². The molecule has 21 heavy (non-hydrogen) atoms. The van der Waals surface area contributed by atoms with Crippen molar-refractivity contribution in [3.63, 3.8) is 0 Å². The van der Waals surface area contributed by atoms with Crippen LogP contribution < -0.4 is 0 Å². The fourth-order valence-corrected chi connectivity index (χ4v) is 2.46. The van der Waals surface area contributed by atoms with E-state index < -0.39 is 17.8 Å². The van der Waals surface area contributed by atoms with Crippen LogP contribution in [0.4, 0.5) is 4.39 Å². The van der Waals surface area contributed by atoms with Gasteiger partial charge in [-0.05, 0) is 31.4 Å². The Morgan fingerprint density at radius 1 is 1.38 bits per heavy atom. The number of rotatable bonds is 5. The van der Waals surface area contributed by atoms with E-state index in [9.17, 15) is 14.0 Å². The van der Waals surface area contributed by atoms with Gasteiger partial charge in [0.25, 0.3) is 5.91 Å². The van der Waals surface area contributed by atoms with Crippen LogP contribution in [0, 0.1) is 5.82 Å². The van der Waals surface area contributed by atoms with Crippen molar-refractivity contribution < 1.29 is 18.7 Å². The molecular formula is C16H20FNO3. The molecule has 1 unspecified atom stereocenters. The van der Waals surface area contributed by atoms with Crippen molar-refractivity contribution in [3.8, 4) is 0 Å². The van der Waals surface area contributed by atoms with Crippen LogP contribution in [0.25, 0.3) is 0 Å². The molecule has 1 saturated heterocycles. The summed E-state index contributed by atoms with van der Waals surface area (Å²) < 4.78 is 18.9. The molecule has 0 aromatic heterocycles. The molecular weight excluding hydrogens is 273 g/mol. The first kappa shape index (κ1) is 15.5. The van der Waals surface area contributed by atoms with E-state index in [0.29, 0.717) is 19.6 Å². The molecule has 1 amide bonds. The molecule has 2 rings (SSSR count). The average molecular weight is 293 g/mol. The molecule has 0 aliphatic carbocycles. The lowest BCUT2D eigenvalue weighted by Crippen LogP contribution is -2.41. The van der Waals surface area contributed by atoms with E-state index in [1.165, 1.54) is 23.1 Å². The number of carbonyl (C=O) groups is 2. The zero-order valence-electron chi connectivity index (χ0n) is 12.2. The van der Waals surface area contributed by atoms with E-state index in [4.69, 9.17) is 4.74 Å². The molecule has 1 heterocycles. The highest BCUT2D eigenvalue weighted by molar-refractivity contribution is 5.97. The Bertz CT molecular complexity index is 518. The zero-order valence-corrected chi connectivity index (χ0v) is 12.2. The first-order valence-corrected chi connectivity index (χ1v) is 7.37. The second kappa shape index (κ2) is 7.20. The maximum atomic E-state index is 13.7. The predicted octanol–water partition coefficient (Wildman–Crippen LogP) is 2.77. The quantitative estimate of drug-likeness (QED) is 0.619. The molecule has 0 saturated carbocycles. The molecule has 0 spiro atoms. The first-order valence-electron chi connectivity index (χ1n) is 7.37. The molecule has 114 valence electrons. The standard InChI is InChI=1S/C16H20FNO3/c1-2-3-11-21-16(20)14-9-6-10-18(14)15(19)12-7-4-5-8-13(12)17/h4-5,7-8,14H,2-3,6,9-11H2,1H3. The Hall–Kier alpha value is -1.91. The maximum absolute atomic E-state index is 13.7. The smallest absolute Gasteiger partial charge is 0.328 e.